The average Bonchev–Trinajstić information content (AvgIpc) is 2.33. The first-order chi connectivity index (χ1) is 5.11. The van der Waals surface area contributed by atoms with Gasteiger partial charge in [-0.2, -0.15) is 0 Å². The third-order valence-electron chi connectivity index (χ3n) is 1.01. The molecule has 1 heterocycles. The van der Waals surface area contributed by atoms with Gasteiger partial charge < -0.3 is 19.8 Å². The molecule has 0 aromatic carbocycles. The molecule has 0 bridgehead atoms. The molecule has 0 fully saturated rings. The normalized spacial score (nSPS) is 8.00. The third kappa shape index (κ3) is 4.04. The van der Waals surface area contributed by atoms with E-state index in [2.05, 4.69) is 0 Å². The van der Waals surface area contributed by atoms with Gasteiger partial charge in [-0.1, -0.05) is 0 Å². The second kappa shape index (κ2) is 6.31. The fraction of sp³-hybridized carbons (Fsp3) is 0. The van der Waals surface area contributed by atoms with Crippen LogP contribution in [0.15, 0.2) is 12.1 Å². The van der Waals surface area contributed by atoms with E-state index < -0.39 is 11.9 Å². The van der Waals surface area contributed by atoms with Crippen molar-refractivity contribution in [3.05, 3.63) is 21.9 Å². The molecule has 7 heteroatoms. The molecule has 0 aliphatic heterocycles. The van der Waals surface area contributed by atoms with Crippen LogP contribution in [0.25, 0.3) is 0 Å². The minimum absolute atomic E-state index is 0. The molecule has 1 aromatic rings. The van der Waals surface area contributed by atoms with Crippen molar-refractivity contribution in [2.75, 3.05) is 0 Å². The molecule has 0 saturated carbocycles. The van der Waals surface area contributed by atoms with Crippen molar-refractivity contribution in [2.24, 2.45) is 0 Å². The summed E-state index contributed by atoms with van der Waals surface area (Å²) in [5.41, 5.74) is 0. The SMILES string of the molecule is O=C([O-])c1ccc([13C](=O)[O-])s1.[Li+].[Li+]. The molecule has 0 unspecified atom stereocenters. The second-order valence-corrected chi connectivity index (χ2v) is 2.82. The van der Waals surface area contributed by atoms with Crippen molar-refractivity contribution in [3.8, 4) is 0 Å². The largest absolute Gasteiger partial charge is 1.00 e. The summed E-state index contributed by atoms with van der Waals surface area (Å²) in [6.45, 7) is 0. The van der Waals surface area contributed by atoms with Gasteiger partial charge in [-0.3, -0.25) is 0 Å². The summed E-state index contributed by atoms with van der Waals surface area (Å²) in [6.07, 6.45) is 0. The number of thiophene rings is 1. The van der Waals surface area contributed by atoms with Crippen molar-refractivity contribution < 1.29 is 57.5 Å². The van der Waals surface area contributed by atoms with E-state index in [0.717, 1.165) is 0 Å². The minimum atomic E-state index is -1.37. The van der Waals surface area contributed by atoms with Crippen molar-refractivity contribution in [2.45, 2.75) is 0 Å². The van der Waals surface area contributed by atoms with E-state index in [1.54, 1.807) is 0 Å². The summed E-state index contributed by atoms with van der Waals surface area (Å²) in [4.78, 5) is 20.0. The fourth-order valence-electron chi connectivity index (χ4n) is 0.557. The monoisotopic (exact) mass is 185 g/mol. The van der Waals surface area contributed by atoms with E-state index in [-0.39, 0.29) is 47.5 Å². The molecule has 13 heavy (non-hydrogen) atoms. The summed E-state index contributed by atoms with van der Waals surface area (Å²) in [7, 11) is 0. The first-order valence-electron chi connectivity index (χ1n) is 2.64. The number of carboxylic acids is 2. The molecule has 0 aliphatic carbocycles. The number of carbonyl (C=O) groups excluding carboxylic acids is 2. The van der Waals surface area contributed by atoms with Crippen molar-refractivity contribution >= 4 is 23.3 Å². The molecule has 0 aliphatic rings. The molecular weight excluding hydrogens is 183 g/mol. The van der Waals surface area contributed by atoms with E-state index in [9.17, 15) is 19.8 Å². The van der Waals surface area contributed by atoms with Gasteiger partial charge >= 0.3 is 37.7 Å². The molecule has 0 saturated heterocycles. The summed E-state index contributed by atoms with van der Waals surface area (Å²) < 4.78 is 0. The van der Waals surface area contributed by atoms with E-state index >= 15 is 0 Å². The first kappa shape index (κ1) is 15.3. The molecule has 0 spiro atoms. The summed E-state index contributed by atoms with van der Waals surface area (Å²) in [5.74, 6) is -2.75. The molecule has 4 nitrogen and oxygen atoms in total. The van der Waals surface area contributed by atoms with Gasteiger partial charge in [0.25, 0.3) is 0 Å². The molecule has 0 atom stereocenters. The molecular formula is C6H2Li2O4S. The molecule has 0 N–H and O–H groups in total. The Kier molecular flexibility index (Phi) is 7.44. The van der Waals surface area contributed by atoms with Gasteiger partial charge in [0.15, 0.2) is 0 Å². The van der Waals surface area contributed by atoms with Crippen molar-refractivity contribution in [1.29, 1.82) is 0 Å². The standard InChI is InChI=1S/C6H4O4S.2Li/c7-5(8)3-1-2-4(11-3)6(9)10;;/h1-2H,(H,7,8)(H,9,10);;/q;2*+1/p-2/i5+1;;. The number of rotatable bonds is 2. The summed E-state index contributed by atoms with van der Waals surface area (Å²) in [6, 6.07) is 2.34. The topological polar surface area (TPSA) is 80.3 Å². The van der Waals surface area contributed by atoms with Gasteiger partial charge in [-0.05, 0) is 12.1 Å². The van der Waals surface area contributed by atoms with Crippen LogP contribution < -0.4 is 47.9 Å². The van der Waals surface area contributed by atoms with Crippen LogP contribution in [-0.4, -0.2) is 11.9 Å². The minimum Gasteiger partial charge on any atom is -0.544 e. The molecule has 0 radical (unpaired) electrons. The van der Waals surface area contributed by atoms with Gasteiger partial charge in [0.1, 0.15) is 0 Å². The van der Waals surface area contributed by atoms with Gasteiger partial charge in [0.05, 0.1) is 21.7 Å². The van der Waals surface area contributed by atoms with Crippen molar-refractivity contribution in [3.63, 3.8) is 0 Å². The zero-order chi connectivity index (χ0) is 8.43. The Bertz CT molecular complexity index is 281. The predicted octanol–water partition coefficient (Wildman–Crippen LogP) is -7.52. The predicted molar refractivity (Wildman–Crippen MR) is 33.0 cm³/mol. The van der Waals surface area contributed by atoms with Crippen molar-refractivity contribution in [1.82, 2.24) is 0 Å². The summed E-state index contributed by atoms with van der Waals surface area (Å²) >= 11 is 0.625. The van der Waals surface area contributed by atoms with Crippen LogP contribution in [0, 0.1) is 0 Å². The van der Waals surface area contributed by atoms with Gasteiger partial charge in [0, 0.05) is 0 Å². The van der Waals surface area contributed by atoms with Crippen LogP contribution in [0.2, 0.25) is 0 Å². The number of carbonyl (C=O) groups is 2. The van der Waals surface area contributed by atoms with Crippen LogP contribution in [0.3, 0.4) is 0 Å². The molecule has 0 amide bonds. The number of hydrogen-bond donors (Lipinski definition) is 0. The van der Waals surface area contributed by atoms with Gasteiger partial charge in [-0.15, -0.1) is 11.3 Å². The Morgan fingerprint density at radius 3 is 1.46 bits per heavy atom. The van der Waals surface area contributed by atoms with Crippen LogP contribution in [-0.2, 0) is 0 Å². The van der Waals surface area contributed by atoms with Crippen LogP contribution in [0.5, 0.6) is 0 Å². The van der Waals surface area contributed by atoms with E-state index in [4.69, 9.17) is 0 Å². The Morgan fingerprint density at radius 2 is 1.31 bits per heavy atom. The van der Waals surface area contributed by atoms with E-state index in [1.807, 2.05) is 0 Å². The fourth-order valence-corrected chi connectivity index (χ4v) is 1.23. The number of hydrogen-bond acceptors (Lipinski definition) is 5. The van der Waals surface area contributed by atoms with Crippen LogP contribution >= 0.6 is 11.3 Å². The smallest absolute Gasteiger partial charge is 0.544 e. The van der Waals surface area contributed by atoms with E-state index in [0.29, 0.717) is 11.3 Å². The quantitative estimate of drug-likeness (QED) is 0.338. The van der Waals surface area contributed by atoms with Crippen LogP contribution in [0.4, 0.5) is 0 Å². The Morgan fingerprint density at radius 1 is 1.00 bits per heavy atom. The van der Waals surface area contributed by atoms with Gasteiger partial charge in [0.2, 0.25) is 0 Å². The zero-order valence-corrected chi connectivity index (χ0v) is 8.01. The maximum absolute atomic E-state index is 10.1. The second-order valence-electron chi connectivity index (χ2n) is 1.74. The third-order valence-corrected chi connectivity index (χ3v) is 2.05. The maximum Gasteiger partial charge on any atom is 1.00 e. The Hall–Kier alpha value is -0.165. The van der Waals surface area contributed by atoms with Gasteiger partial charge in [-0.25, -0.2) is 0 Å². The maximum atomic E-state index is 10.1. The Labute approximate surface area is 102 Å². The number of aromatic carboxylic acids is 2. The molecule has 1 aromatic heterocycles. The summed E-state index contributed by atoms with van der Waals surface area (Å²) in [5, 5.41) is 20.2. The molecule has 58 valence electrons. The Balaban J connectivity index is 0. The number of carboxylic acid groups (broad SMARTS) is 2. The van der Waals surface area contributed by atoms with Crippen LogP contribution in [0.1, 0.15) is 19.3 Å². The average molecular weight is 185 g/mol. The van der Waals surface area contributed by atoms with E-state index in [1.165, 1.54) is 12.1 Å². The molecule has 1 rings (SSSR count). The zero-order valence-electron chi connectivity index (χ0n) is 7.20. The first-order valence-corrected chi connectivity index (χ1v) is 3.45.